The van der Waals surface area contributed by atoms with Crippen LogP contribution >= 0.6 is 0 Å². The lowest BCUT2D eigenvalue weighted by Crippen LogP contribution is -2.29. The number of rotatable bonds is 7. The van der Waals surface area contributed by atoms with E-state index in [2.05, 4.69) is 21.7 Å². The average Bonchev–Trinajstić information content (AvgIpc) is 3.06. The number of anilines is 1. The molecule has 0 saturated heterocycles. The lowest BCUT2D eigenvalue weighted by atomic mass is 10.1. The zero-order valence-electron chi connectivity index (χ0n) is 13.8. The van der Waals surface area contributed by atoms with Crippen molar-refractivity contribution >= 4 is 22.6 Å². The molecule has 2 heterocycles. The van der Waals surface area contributed by atoms with Crippen LogP contribution in [0.15, 0.2) is 18.2 Å². The molecule has 1 aromatic carbocycles. The summed E-state index contributed by atoms with van der Waals surface area (Å²) in [4.78, 5) is 15.8. The summed E-state index contributed by atoms with van der Waals surface area (Å²) in [6.07, 6.45) is 0.696. The fraction of sp³-hybridized carbons (Fsp3) is 0.353. The van der Waals surface area contributed by atoms with Gasteiger partial charge in [-0.15, -0.1) is 0 Å². The minimum atomic E-state index is -0.153. The second kappa shape index (κ2) is 7.68. The minimum Gasteiger partial charge on any atom is -0.454 e. The van der Waals surface area contributed by atoms with Crippen LogP contribution in [0, 0.1) is 11.3 Å². The van der Waals surface area contributed by atoms with Gasteiger partial charge in [0.2, 0.25) is 12.7 Å². The van der Waals surface area contributed by atoms with Crippen LogP contribution in [0.25, 0.3) is 10.9 Å². The van der Waals surface area contributed by atoms with Crippen molar-refractivity contribution in [2.45, 2.75) is 6.42 Å². The first kappa shape index (κ1) is 16.8. The van der Waals surface area contributed by atoms with Gasteiger partial charge < -0.3 is 24.8 Å². The minimum absolute atomic E-state index is 0.0499. The highest BCUT2D eigenvalue weighted by atomic mass is 16.7. The normalized spacial score (nSPS) is 12.0. The van der Waals surface area contributed by atoms with Crippen molar-refractivity contribution in [1.82, 2.24) is 10.3 Å². The van der Waals surface area contributed by atoms with Gasteiger partial charge >= 0.3 is 0 Å². The first-order valence-corrected chi connectivity index (χ1v) is 7.85. The number of carbonyl (C=O) groups is 1. The molecule has 0 spiro atoms. The second-order valence-electron chi connectivity index (χ2n) is 5.46. The molecular formula is C17H18N4O4. The lowest BCUT2D eigenvalue weighted by Gasteiger charge is -2.10. The maximum Gasteiger partial charge on any atom is 0.245 e. The molecular weight excluding hydrogens is 324 g/mol. The Morgan fingerprint density at radius 3 is 2.88 bits per heavy atom. The van der Waals surface area contributed by atoms with Gasteiger partial charge in [0.05, 0.1) is 11.1 Å². The SMILES string of the molecule is COCC(=O)NCCCNc1nc2cc3c(cc2cc1C#N)OCO3. The number of amides is 1. The first-order chi connectivity index (χ1) is 12.2. The fourth-order valence-corrected chi connectivity index (χ4v) is 2.49. The molecule has 2 N–H and O–H groups in total. The van der Waals surface area contributed by atoms with E-state index in [0.717, 1.165) is 10.9 Å². The summed E-state index contributed by atoms with van der Waals surface area (Å²) in [5.41, 5.74) is 1.17. The molecule has 1 aliphatic heterocycles. The Kier molecular flexibility index (Phi) is 5.16. The molecule has 0 bridgehead atoms. The Balaban J connectivity index is 1.65. The summed E-state index contributed by atoms with van der Waals surface area (Å²) in [6, 6.07) is 7.54. The van der Waals surface area contributed by atoms with Gasteiger partial charge in [0.1, 0.15) is 18.5 Å². The predicted molar refractivity (Wildman–Crippen MR) is 90.6 cm³/mol. The summed E-state index contributed by atoms with van der Waals surface area (Å²) >= 11 is 0. The molecule has 3 rings (SSSR count). The van der Waals surface area contributed by atoms with E-state index in [4.69, 9.17) is 14.2 Å². The van der Waals surface area contributed by atoms with Crippen molar-refractivity contribution in [1.29, 1.82) is 5.26 Å². The van der Waals surface area contributed by atoms with Gasteiger partial charge in [-0.25, -0.2) is 4.98 Å². The molecule has 1 aliphatic rings. The van der Waals surface area contributed by atoms with E-state index in [9.17, 15) is 10.1 Å². The van der Waals surface area contributed by atoms with E-state index < -0.39 is 0 Å². The predicted octanol–water partition coefficient (Wildman–Crippen LogP) is 1.40. The number of fused-ring (bicyclic) bond motifs is 2. The first-order valence-electron chi connectivity index (χ1n) is 7.85. The summed E-state index contributed by atoms with van der Waals surface area (Å²) in [5.74, 6) is 1.67. The topological polar surface area (TPSA) is 106 Å². The quantitative estimate of drug-likeness (QED) is 0.733. The van der Waals surface area contributed by atoms with E-state index in [0.29, 0.717) is 42.4 Å². The summed E-state index contributed by atoms with van der Waals surface area (Å²) < 4.78 is 15.4. The van der Waals surface area contributed by atoms with E-state index in [1.807, 2.05) is 6.07 Å². The Hall–Kier alpha value is -3.05. The van der Waals surface area contributed by atoms with Crippen LogP contribution in [0.1, 0.15) is 12.0 Å². The number of benzene rings is 1. The lowest BCUT2D eigenvalue weighted by molar-refractivity contribution is -0.124. The largest absolute Gasteiger partial charge is 0.454 e. The number of carbonyl (C=O) groups excluding carboxylic acids is 1. The van der Waals surface area contributed by atoms with E-state index in [-0.39, 0.29) is 19.3 Å². The Morgan fingerprint density at radius 2 is 2.12 bits per heavy atom. The van der Waals surface area contributed by atoms with Crippen LogP contribution in [-0.2, 0) is 9.53 Å². The average molecular weight is 342 g/mol. The van der Waals surface area contributed by atoms with Crippen molar-refractivity contribution in [3.8, 4) is 17.6 Å². The highest BCUT2D eigenvalue weighted by Crippen LogP contribution is 2.36. The molecule has 0 fully saturated rings. The Bertz CT molecular complexity index is 831. The van der Waals surface area contributed by atoms with Gasteiger partial charge in [0.15, 0.2) is 11.5 Å². The third kappa shape index (κ3) is 3.89. The van der Waals surface area contributed by atoms with E-state index in [1.54, 1.807) is 12.1 Å². The standard InChI is InChI=1S/C17H18N4O4/c1-23-9-16(22)19-3-2-4-20-17-12(8-18)5-11-6-14-15(25-10-24-14)7-13(11)21-17/h5-7H,2-4,9-10H2,1H3,(H,19,22)(H,20,21). The van der Waals surface area contributed by atoms with Crippen molar-refractivity contribution in [3.05, 3.63) is 23.8 Å². The van der Waals surface area contributed by atoms with Crippen LogP contribution < -0.4 is 20.1 Å². The Morgan fingerprint density at radius 1 is 1.32 bits per heavy atom. The number of pyridine rings is 1. The van der Waals surface area contributed by atoms with E-state index >= 15 is 0 Å². The number of ether oxygens (including phenoxy) is 3. The fourth-order valence-electron chi connectivity index (χ4n) is 2.49. The molecule has 0 radical (unpaired) electrons. The molecule has 0 saturated carbocycles. The number of nitriles is 1. The summed E-state index contributed by atoms with van der Waals surface area (Å²) in [7, 11) is 1.47. The van der Waals surface area contributed by atoms with Gasteiger partial charge in [-0.1, -0.05) is 0 Å². The Labute approximate surface area is 144 Å². The summed E-state index contributed by atoms with van der Waals surface area (Å²) in [5, 5.41) is 16.0. The van der Waals surface area contributed by atoms with Crippen LogP contribution in [-0.4, -0.2) is 44.5 Å². The monoisotopic (exact) mass is 342 g/mol. The maximum atomic E-state index is 11.3. The third-order valence-corrected chi connectivity index (χ3v) is 3.67. The smallest absolute Gasteiger partial charge is 0.245 e. The third-order valence-electron chi connectivity index (χ3n) is 3.67. The van der Waals surface area contributed by atoms with Crippen molar-refractivity contribution in [2.75, 3.05) is 38.9 Å². The van der Waals surface area contributed by atoms with Gasteiger partial charge in [0.25, 0.3) is 0 Å². The summed E-state index contributed by atoms with van der Waals surface area (Å²) in [6.45, 7) is 1.33. The van der Waals surface area contributed by atoms with Crippen LogP contribution in [0.4, 0.5) is 5.82 Å². The zero-order chi connectivity index (χ0) is 17.6. The van der Waals surface area contributed by atoms with Gasteiger partial charge in [-0.2, -0.15) is 5.26 Å². The molecule has 0 atom stereocenters. The molecule has 1 amide bonds. The number of nitrogens with zero attached hydrogens (tertiary/aromatic N) is 2. The second-order valence-corrected chi connectivity index (χ2v) is 5.46. The van der Waals surface area contributed by atoms with Crippen LogP contribution in [0.2, 0.25) is 0 Å². The molecule has 2 aromatic rings. The van der Waals surface area contributed by atoms with Crippen molar-refractivity contribution in [2.24, 2.45) is 0 Å². The number of nitrogens with one attached hydrogen (secondary N) is 2. The molecule has 0 unspecified atom stereocenters. The molecule has 0 aliphatic carbocycles. The highest BCUT2D eigenvalue weighted by molar-refractivity contribution is 5.86. The van der Waals surface area contributed by atoms with Crippen LogP contribution in [0.5, 0.6) is 11.5 Å². The van der Waals surface area contributed by atoms with Crippen molar-refractivity contribution < 1.29 is 19.0 Å². The number of hydrogen-bond acceptors (Lipinski definition) is 7. The van der Waals surface area contributed by atoms with Gasteiger partial charge in [-0.05, 0) is 18.6 Å². The van der Waals surface area contributed by atoms with Crippen LogP contribution in [0.3, 0.4) is 0 Å². The molecule has 1 aromatic heterocycles. The molecule has 25 heavy (non-hydrogen) atoms. The molecule has 8 nitrogen and oxygen atoms in total. The number of hydrogen-bond donors (Lipinski definition) is 2. The highest BCUT2D eigenvalue weighted by Gasteiger charge is 2.16. The zero-order valence-corrected chi connectivity index (χ0v) is 13.8. The van der Waals surface area contributed by atoms with Crippen molar-refractivity contribution in [3.63, 3.8) is 0 Å². The number of methoxy groups -OCH3 is 1. The van der Waals surface area contributed by atoms with E-state index in [1.165, 1.54) is 7.11 Å². The maximum absolute atomic E-state index is 11.3. The molecule has 130 valence electrons. The van der Waals surface area contributed by atoms with Gasteiger partial charge in [-0.3, -0.25) is 4.79 Å². The molecule has 8 heteroatoms. The number of aromatic nitrogens is 1. The van der Waals surface area contributed by atoms with Gasteiger partial charge in [0, 0.05) is 31.7 Å².